The molecular weight excluding hydrogens is 164 g/mol. The molecule has 0 spiro atoms. The van der Waals surface area contributed by atoms with Gasteiger partial charge in [0, 0.05) is 5.57 Å². The van der Waals surface area contributed by atoms with Crippen LogP contribution < -0.4 is 0 Å². The summed E-state index contributed by atoms with van der Waals surface area (Å²) in [6, 6.07) is 0. The number of rotatable bonds is 2. The SMILES string of the molecule is CC(=CC1CC2CCC1C2)C(=O)O. The van der Waals surface area contributed by atoms with E-state index < -0.39 is 5.97 Å². The zero-order chi connectivity index (χ0) is 9.42. The molecule has 3 atom stereocenters. The van der Waals surface area contributed by atoms with E-state index >= 15 is 0 Å². The second-order valence-electron chi connectivity index (χ2n) is 4.49. The van der Waals surface area contributed by atoms with Gasteiger partial charge in [0.1, 0.15) is 0 Å². The highest BCUT2D eigenvalue weighted by atomic mass is 16.4. The topological polar surface area (TPSA) is 37.3 Å². The lowest BCUT2D eigenvalue weighted by Crippen LogP contribution is -2.09. The number of aliphatic carboxylic acids is 1. The lowest BCUT2D eigenvalue weighted by Gasteiger charge is -2.18. The highest BCUT2D eigenvalue weighted by Crippen LogP contribution is 2.49. The number of allylic oxidation sites excluding steroid dienone is 1. The van der Waals surface area contributed by atoms with Crippen LogP contribution in [0.1, 0.15) is 32.6 Å². The van der Waals surface area contributed by atoms with E-state index in [9.17, 15) is 4.79 Å². The molecule has 2 aliphatic carbocycles. The predicted molar refractivity (Wildman–Crippen MR) is 50.3 cm³/mol. The molecule has 13 heavy (non-hydrogen) atoms. The Hall–Kier alpha value is -0.790. The van der Waals surface area contributed by atoms with Crippen molar-refractivity contribution in [3.63, 3.8) is 0 Å². The van der Waals surface area contributed by atoms with E-state index in [1.165, 1.54) is 25.7 Å². The molecule has 0 aromatic heterocycles. The number of hydrogen-bond acceptors (Lipinski definition) is 1. The van der Waals surface area contributed by atoms with Crippen molar-refractivity contribution in [3.8, 4) is 0 Å². The summed E-state index contributed by atoms with van der Waals surface area (Å²) in [5.74, 6) is 1.49. The summed E-state index contributed by atoms with van der Waals surface area (Å²) in [6.45, 7) is 1.70. The first-order valence-electron chi connectivity index (χ1n) is 5.08. The Morgan fingerprint density at radius 3 is 2.62 bits per heavy atom. The molecule has 2 nitrogen and oxygen atoms in total. The molecule has 0 amide bonds. The summed E-state index contributed by atoms with van der Waals surface area (Å²) in [5.41, 5.74) is 0.526. The van der Waals surface area contributed by atoms with E-state index in [2.05, 4.69) is 0 Å². The Morgan fingerprint density at radius 2 is 2.15 bits per heavy atom. The Kier molecular flexibility index (Phi) is 2.14. The summed E-state index contributed by atoms with van der Waals surface area (Å²) >= 11 is 0. The summed E-state index contributed by atoms with van der Waals surface area (Å²) in [6.07, 6.45) is 7.25. The van der Waals surface area contributed by atoms with Crippen LogP contribution in [0, 0.1) is 17.8 Å². The quantitative estimate of drug-likeness (QED) is 0.663. The molecule has 0 saturated heterocycles. The molecule has 2 saturated carbocycles. The van der Waals surface area contributed by atoms with Gasteiger partial charge in [-0.05, 0) is 43.9 Å². The van der Waals surface area contributed by atoms with E-state index in [4.69, 9.17) is 5.11 Å². The first-order chi connectivity index (χ1) is 6.16. The Labute approximate surface area is 78.6 Å². The van der Waals surface area contributed by atoms with Crippen LogP contribution in [-0.2, 0) is 4.79 Å². The predicted octanol–water partition coefficient (Wildman–Crippen LogP) is 2.45. The molecule has 0 aromatic carbocycles. The van der Waals surface area contributed by atoms with Crippen LogP contribution in [-0.4, -0.2) is 11.1 Å². The number of hydrogen-bond donors (Lipinski definition) is 1. The van der Waals surface area contributed by atoms with Crippen molar-refractivity contribution < 1.29 is 9.90 Å². The van der Waals surface area contributed by atoms with Gasteiger partial charge in [0.05, 0.1) is 0 Å². The number of fused-ring (bicyclic) bond motifs is 2. The molecule has 0 aromatic rings. The van der Waals surface area contributed by atoms with Gasteiger partial charge < -0.3 is 5.11 Å². The zero-order valence-corrected chi connectivity index (χ0v) is 7.99. The monoisotopic (exact) mass is 180 g/mol. The molecule has 2 aliphatic rings. The second-order valence-corrected chi connectivity index (χ2v) is 4.49. The summed E-state index contributed by atoms with van der Waals surface area (Å²) < 4.78 is 0. The van der Waals surface area contributed by atoms with Gasteiger partial charge in [0.15, 0.2) is 0 Å². The van der Waals surface area contributed by atoms with Gasteiger partial charge in [-0.2, -0.15) is 0 Å². The molecule has 2 heteroatoms. The minimum Gasteiger partial charge on any atom is -0.478 e. The molecular formula is C11H16O2. The van der Waals surface area contributed by atoms with E-state index in [1.54, 1.807) is 6.92 Å². The van der Waals surface area contributed by atoms with Crippen molar-refractivity contribution in [1.29, 1.82) is 0 Å². The largest absolute Gasteiger partial charge is 0.478 e. The smallest absolute Gasteiger partial charge is 0.330 e. The van der Waals surface area contributed by atoms with Gasteiger partial charge in [-0.15, -0.1) is 0 Å². The number of carbonyl (C=O) groups is 1. The third kappa shape index (κ3) is 1.62. The van der Waals surface area contributed by atoms with Crippen LogP contribution in [0.25, 0.3) is 0 Å². The molecule has 0 radical (unpaired) electrons. The first-order valence-corrected chi connectivity index (χ1v) is 5.08. The second kappa shape index (κ2) is 3.17. The van der Waals surface area contributed by atoms with Crippen LogP contribution in [0.5, 0.6) is 0 Å². The van der Waals surface area contributed by atoms with Crippen LogP contribution in [0.15, 0.2) is 11.6 Å². The Balaban J connectivity index is 2.03. The van der Waals surface area contributed by atoms with Crippen molar-refractivity contribution in [3.05, 3.63) is 11.6 Å². The lowest BCUT2D eigenvalue weighted by atomic mass is 9.87. The molecule has 0 heterocycles. The van der Waals surface area contributed by atoms with Crippen molar-refractivity contribution in [2.75, 3.05) is 0 Å². The van der Waals surface area contributed by atoms with Gasteiger partial charge in [-0.1, -0.05) is 12.5 Å². The third-order valence-electron chi connectivity index (χ3n) is 3.59. The maximum Gasteiger partial charge on any atom is 0.330 e. The molecule has 2 fully saturated rings. The molecule has 2 rings (SSSR count). The summed E-state index contributed by atoms with van der Waals surface area (Å²) in [7, 11) is 0. The maximum atomic E-state index is 10.6. The van der Waals surface area contributed by atoms with E-state index in [1.807, 2.05) is 6.08 Å². The maximum absolute atomic E-state index is 10.6. The van der Waals surface area contributed by atoms with Gasteiger partial charge in [-0.25, -0.2) is 4.79 Å². The van der Waals surface area contributed by atoms with E-state index in [0.29, 0.717) is 11.5 Å². The Morgan fingerprint density at radius 1 is 1.38 bits per heavy atom. The normalized spacial score (nSPS) is 38.2. The standard InChI is InChI=1S/C11H16O2/c1-7(11(12)13)4-10-6-8-2-3-9(10)5-8/h4,8-10H,2-3,5-6H2,1H3,(H,12,13). The van der Waals surface area contributed by atoms with E-state index in [0.717, 1.165) is 11.8 Å². The van der Waals surface area contributed by atoms with Crippen LogP contribution in [0.3, 0.4) is 0 Å². The van der Waals surface area contributed by atoms with Crippen LogP contribution >= 0.6 is 0 Å². The van der Waals surface area contributed by atoms with Gasteiger partial charge >= 0.3 is 5.97 Å². The molecule has 2 bridgehead atoms. The summed E-state index contributed by atoms with van der Waals surface area (Å²) in [5, 5.41) is 8.74. The highest BCUT2D eigenvalue weighted by Gasteiger charge is 2.38. The fourth-order valence-corrected chi connectivity index (χ4v) is 2.89. The third-order valence-corrected chi connectivity index (χ3v) is 3.59. The van der Waals surface area contributed by atoms with E-state index in [-0.39, 0.29) is 0 Å². The molecule has 0 aliphatic heterocycles. The van der Waals surface area contributed by atoms with Crippen molar-refractivity contribution in [2.24, 2.45) is 17.8 Å². The van der Waals surface area contributed by atoms with Crippen molar-refractivity contribution in [2.45, 2.75) is 32.6 Å². The Bertz CT molecular complexity index is 255. The number of carboxylic acid groups (broad SMARTS) is 1. The van der Waals surface area contributed by atoms with Gasteiger partial charge in [-0.3, -0.25) is 0 Å². The van der Waals surface area contributed by atoms with Gasteiger partial charge in [0.2, 0.25) is 0 Å². The lowest BCUT2D eigenvalue weighted by molar-refractivity contribution is -0.132. The van der Waals surface area contributed by atoms with Crippen LogP contribution in [0.2, 0.25) is 0 Å². The molecule has 1 N–H and O–H groups in total. The zero-order valence-electron chi connectivity index (χ0n) is 7.99. The van der Waals surface area contributed by atoms with Crippen molar-refractivity contribution in [1.82, 2.24) is 0 Å². The van der Waals surface area contributed by atoms with Crippen molar-refractivity contribution >= 4 is 5.97 Å². The first kappa shape index (κ1) is 8.79. The molecule has 3 unspecified atom stereocenters. The highest BCUT2D eigenvalue weighted by molar-refractivity contribution is 5.85. The average Bonchev–Trinajstić information content (AvgIpc) is 2.64. The minimum atomic E-state index is -0.761. The summed E-state index contributed by atoms with van der Waals surface area (Å²) in [4.78, 5) is 10.6. The minimum absolute atomic E-state index is 0.526. The molecule has 72 valence electrons. The fraction of sp³-hybridized carbons (Fsp3) is 0.727. The average molecular weight is 180 g/mol. The van der Waals surface area contributed by atoms with Gasteiger partial charge in [0.25, 0.3) is 0 Å². The fourth-order valence-electron chi connectivity index (χ4n) is 2.89. The number of carboxylic acids is 1. The van der Waals surface area contributed by atoms with Crippen LogP contribution in [0.4, 0.5) is 0 Å².